The monoisotopic (exact) mass is 261 g/mol. The van der Waals surface area contributed by atoms with E-state index in [-0.39, 0.29) is 0 Å². The summed E-state index contributed by atoms with van der Waals surface area (Å²) in [5.74, 6) is -0.128. The van der Waals surface area contributed by atoms with Crippen molar-refractivity contribution >= 4 is 45.7 Å². The van der Waals surface area contributed by atoms with Crippen molar-refractivity contribution in [1.82, 2.24) is 3.45 Å². The molecule has 0 aliphatic heterocycles. The van der Waals surface area contributed by atoms with E-state index in [4.69, 9.17) is 16.9 Å². The highest BCUT2D eigenvalue weighted by Crippen LogP contribution is 2.15. The normalized spacial score (nSPS) is 13.5. The maximum absolute atomic E-state index is 10.5. The Morgan fingerprint density at radius 1 is 1.91 bits per heavy atom. The van der Waals surface area contributed by atoms with Crippen LogP contribution < -0.4 is 0 Å². The van der Waals surface area contributed by atoms with Gasteiger partial charge in [0.15, 0.2) is 0 Å². The van der Waals surface area contributed by atoms with E-state index in [1.165, 1.54) is 0 Å². The van der Waals surface area contributed by atoms with Crippen LogP contribution in [0.3, 0.4) is 0 Å². The fourth-order valence-corrected chi connectivity index (χ4v) is 1.55. The molecule has 0 bridgehead atoms. The molecule has 0 aromatic carbocycles. The second-order valence-corrected chi connectivity index (χ2v) is 4.42. The van der Waals surface area contributed by atoms with Gasteiger partial charge in [0.2, 0.25) is 0 Å². The summed E-state index contributed by atoms with van der Waals surface area (Å²) in [6.45, 7) is 0. The molecule has 0 unspecified atom stereocenters. The summed E-state index contributed by atoms with van der Waals surface area (Å²) in [6.07, 6.45) is 2.46. The zero-order chi connectivity index (χ0) is 8.85. The minimum atomic E-state index is -0.911. The first-order chi connectivity index (χ1) is 5.09. The van der Waals surface area contributed by atoms with Gasteiger partial charge in [-0.2, -0.15) is 11.8 Å². The van der Waals surface area contributed by atoms with E-state index in [1.807, 2.05) is 6.26 Å². The molecule has 0 amide bonds. The number of hydrogen-bond acceptors (Lipinski definition) is 3. The molecule has 0 saturated heterocycles. The maximum atomic E-state index is 10.5. The summed E-state index contributed by atoms with van der Waals surface area (Å²) < 4.78 is 1.02. The van der Waals surface area contributed by atoms with Crippen molar-refractivity contribution in [3.8, 4) is 0 Å². The van der Waals surface area contributed by atoms with Gasteiger partial charge in [-0.3, -0.25) is 4.79 Å². The third-order valence-corrected chi connectivity index (χ3v) is 2.49. The van der Waals surface area contributed by atoms with Crippen molar-refractivity contribution in [2.45, 2.75) is 12.5 Å². The first-order valence-electron chi connectivity index (χ1n) is 2.92. The van der Waals surface area contributed by atoms with Crippen molar-refractivity contribution in [1.29, 1.82) is 0 Å². The number of carbonyl (C=O) groups is 1. The summed E-state index contributed by atoms with van der Waals surface area (Å²) >= 11 is 9.91. The fourth-order valence-electron chi connectivity index (χ4n) is 0.534. The lowest BCUT2D eigenvalue weighted by atomic mass is 10.2. The minimum Gasteiger partial charge on any atom is -0.480 e. The van der Waals surface area contributed by atoms with Crippen molar-refractivity contribution < 1.29 is 9.90 Å². The van der Waals surface area contributed by atoms with Crippen LogP contribution in [-0.4, -0.2) is 32.6 Å². The van der Waals surface area contributed by atoms with Gasteiger partial charge >= 0.3 is 5.97 Å². The Morgan fingerprint density at radius 2 is 2.45 bits per heavy atom. The molecule has 0 radical (unpaired) electrons. The Labute approximate surface area is 83.5 Å². The van der Waals surface area contributed by atoms with Gasteiger partial charge in [-0.15, -0.1) is 3.45 Å². The molecule has 0 heterocycles. The minimum absolute atomic E-state index is 0.533. The van der Waals surface area contributed by atoms with E-state index >= 15 is 0 Å². The molecule has 6 heteroatoms. The van der Waals surface area contributed by atoms with Crippen LogP contribution in [0.5, 0.6) is 0 Å². The largest absolute Gasteiger partial charge is 0.480 e. The number of aliphatic carboxylic acids is 1. The quantitative estimate of drug-likeness (QED) is 0.769. The molecule has 3 nitrogen and oxygen atoms in total. The Balaban J connectivity index is 3.80. The van der Waals surface area contributed by atoms with Crippen LogP contribution in [0.25, 0.3) is 0 Å². The first-order valence-corrected chi connectivity index (χ1v) is 5.36. The van der Waals surface area contributed by atoms with Gasteiger partial charge < -0.3 is 5.11 Å². The van der Waals surface area contributed by atoms with Crippen molar-refractivity contribution in [2.75, 3.05) is 12.0 Å². The molecule has 1 N–H and O–H groups in total. The number of carboxylic acids is 1. The smallest absolute Gasteiger partial charge is 0.323 e. The number of nitrogens with zero attached hydrogens (tertiary/aromatic N) is 1. The molecule has 0 aromatic rings. The van der Waals surface area contributed by atoms with Crippen LogP contribution in [0.15, 0.2) is 0 Å². The van der Waals surface area contributed by atoms with E-state index < -0.39 is 12.0 Å². The molecule has 0 spiro atoms. The van der Waals surface area contributed by atoms with Crippen LogP contribution in [0, 0.1) is 0 Å². The number of carboxylic acid groups (broad SMARTS) is 1. The molecular formula is C5H9BrClNO2S. The average molecular weight is 263 g/mol. The zero-order valence-corrected chi connectivity index (χ0v) is 9.12. The summed E-state index contributed by atoms with van der Waals surface area (Å²) in [5.41, 5.74) is 0. The van der Waals surface area contributed by atoms with Gasteiger partial charge in [-0.25, -0.2) is 0 Å². The van der Waals surface area contributed by atoms with Crippen molar-refractivity contribution in [3.63, 3.8) is 0 Å². The average Bonchev–Trinajstić information content (AvgIpc) is 1.87. The number of rotatable bonds is 5. The maximum Gasteiger partial charge on any atom is 0.323 e. The molecule has 0 rings (SSSR count). The molecular weight excluding hydrogens is 253 g/mol. The molecule has 0 aromatic heterocycles. The van der Waals surface area contributed by atoms with Crippen LogP contribution >= 0.6 is 39.7 Å². The molecule has 0 aliphatic rings. The Kier molecular flexibility index (Phi) is 6.41. The lowest BCUT2D eigenvalue weighted by Crippen LogP contribution is -2.29. The highest BCUT2D eigenvalue weighted by molar-refractivity contribution is 9.08. The van der Waals surface area contributed by atoms with E-state index in [2.05, 4.69) is 16.1 Å². The van der Waals surface area contributed by atoms with E-state index in [1.54, 1.807) is 11.8 Å². The van der Waals surface area contributed by atoms with Crippen LogP contribution in [0.4, 0.5) is 0 Å². The molecule has 0 fully saturated rings. The van der Waals surface area contributed by atoms with E-state index in [9.17, 15) is 4.79 Å². The predicted octanol–water partition coefficient (Wildman–Crippen LogP) is 1.96. The third kappa shape index (κ3) is 4.90. The standard InChI is InChI=1S/C5H9BrClNO2S/c1-11-3-2-4(5(9)10)8(6)7/h4H,2-3H2,1H3,(H,9,10)/t4-/m0/s1. The number of hydrogen-bond donors (Lipinski definition) is 1. The molecule has 0 saturated carbocycles. The SMILES string of the molecule is CSCC[C@@H](C(=O)O)N(Cl)Br. The summed E-state index contributed by atoms with van der Waals surface area (Å²) in [4.78, 5) is 10.5. The van der Waals surface area contributed by atoms with Gasteiger partial charge in [-0.05, 0) is 30.2 Å². The van der Waals surface area contributed by atoms with Crippen molar-refractivity contribution in [2.24, 2.45) is 0 Å². The van der Waals surface area contributed by atoms with Crippen LogP contribution in [-0.2, 0) is 4.79 Å². The first kappa shape index (κ1) is 11.6. The number of thioether (sulfide) groups is 1. The highest BCUT2D eigenvalue weighted by atomic mass is 79.9. The topological polar surface area (TPSA) is 40.5 Å². The van der Waals surface area contributed by atoms with Gasteiger partial charge in [0.05, 0.1) is 0 Å². The van der Waals surface area contributed by atoms with E-state index in [0.717, 1.165) is 9.20 Å². The molecule has 1 atom stereocenters. The van der Waals surface area contributed by atoms with Gasteiger partial charge in [0.25, 0.3) is 0 Å². The number of halogens is 2. The molecule has 66 valence electrons. The zero-order valence-electron chi connectivity index (χ0n) is 5.96. The van der Waals surface area contributed by atoms with Gasteiger partial charge in [0, 0.05) is 16.1 Å². The lowest BCUT2D eigenvalue weighted by Gasteiger charge is -2.13. The summed E-state index contributed by atoms with van der Waals surface area (Å²) in [6, 6.07) is -0.649. The molecule has 11 heavy (non-hydrogen) atoms. The fraction of sp³-hybridized carbons (Fsp3) is 0.800. The van der Waals surface area contributed by atoms with E-state index in [0.29, 0.717) is 6.42 Å². The summed E-state index contributed by atoms with van der Waals surface area (Å²) in [7, 11) is 0. The van der Waals surface area contributed by atoms with Gasteiger partial charge in [0.1, 0.15) is 6.04 Å². The van der Waals surface area contributed by atoms with Gasteiger partial charge in [-0.1, -0.05) is 0 Å². The van der Waals surface area contributed by atoms with Crippen molar-refractivity contribution in [3.05, 3.63) is 0 Å². The Bertz CT molecular complexity index is 136. The predicted molar refractivity (Wildman–Crippen MR) is 51.0 cm³/mol. The summed E-state index contributed by atoms with van der Waals surface area (Å²) in [5, 5.41) is 8.60. The van der Waals surface area contributed by atoms with Crippen LogP contribution in [0.2, 0.25) is 0 Å². The second-order valence-electron chi connectivity index (χ2n) is 1.89. The Hall–Kier alpha value is 0.550. The Morgan fingerprint density at radius 3 is 2.73 bits per heavy atom. The lowest BCUT2D eigenvalue weighted by molar-refractivity contribution is -0.140. The highest BCUT2D eigenvalue weighted by Gasteiger charge is 2.21. The second kappa shape index (κ2) is 6.11. The third-order valence-electron chi connectivity index (χ3n) is 1.12. The molecule has 0 aliphatic carbocycles. The van der Waals surface area contributed by atoms with Crippen LogP contribution in [0.1, 0.15) is 6.42 Å².